The van der Waals surface area contributed by atoms with Crippen LogP contribution in [0.15, 0.2) is 42.6 Å². The number of ether oxygens (including phenoxy) is 2. The number of methoxy groups -OCH3 is 1. The van der Waals surface area contributed by atoms with Crippen molar-refractivity contribution in [2.75, 3.05) is 38.8 Å². The molecule has 3 N–H and O–H groups in total. The van der Waals surface area contributed by atoms with Crippen molar-refractivity contribution in [3.8, 4) is 17.0 Å². The Labute approximate surface area is 250 Å². The Hall–Kier alpha value is -3.58. The van der Waals surface area contributed by atoms with Gasteiger partial charge in [-0.2, -0.15) is 0 Å². The van der Waals surface area contributed by atoms with E-state index in [4.69, 9.17) is 21.1 Å². The Balaban J connectivity index is 1.23. The zero-order valence-electron chi connectivity index (χ0n) is 23.2. The molecule has 1 fully saturated rings. The fraction of sp³-hybridized carbons (Fsp3) is 0.379. The molecule has 0 bridgehead atoms. The lowest BCUT2D eigenvalue weighted by molar-refractivity contribution is -0.120. The van der Waals surface area contributed by atoms with Gasteiger partial charge in [-0.05, 0) is 54.1 Å². The Morgan fingerprint density at radius 1 is 1.29 bits per heavy atom. The number of rotatable bonds is 11. The van der Waals surface area contributed by atoms with Gasteiger partial charge in [-0.3, -0.25) is 9.59 Å². The number of nitrogens with one attached hydrogen (secondary N) is 2. The Bertz CT molecular complexity index is 1460. The van der Waals surface area contributed by atoms with Gasteiger partial charge >= 0.3 is 0 Å². The van der Waals surface area contributed by atoms with E-state index in [0.29, 0.717) is 65.3 Å². The summed E-state index contributed by atoms with van der Waals surface area (Å²) in [5, 5.41) is 13.2. The molecule has 2 aromatic carbocycles. The van der Waals surface area contributed by atoms with E-state index in [-0.39, 0.29) is 36.5 Å². The maximum Gasteiger partial charge on any atom is 0.254 e. The average molecular weight is 614 g/mol. The second kappa shape index (κ2) is 13.6. The van der Waals surface area contributed by atoms with Gasteiger partial charge in [0.15, 0.2) is 0 Å². The molecule has 0 radical (unpaired) electrons. The van der Waals surface area contributed by atoms with Crippen LogP contribution in [0.25, 0.3) is 11.3 Å². The minimum atomic E-state index is -1.31. The van der Waals surface area contributed by atoms with Crippen molar-refractivity contribution in [2.24, 2.45) is 0 Å². The lowest BCUT2D eigenvalue weighted by Gasteiger charge is -2.23. The Morgan fingerprint density at radius 2 is 2.10 bits per heavy atom. The second-order valence-electron chi connectivity index (χ2n) is 10.4. The summed E-state index contributed by atoms with van der Waals surface area (Å²) in [7, 11) is 0.143. The van der Waals surface area contributed by atoms with E-state index in [1.807, 2.05) is 12.1 Å². The first-order chi connectivity index (χ1) is 20.3. The third kappa shape index (κ3) is 7.06. The molecule has 3 aromatic rings. The molecule has 2 aliphatic rings. The molecule has 5 rings (SSSR count). The summed E-state index contributed by atoms with van der Waals surface area (Å²) in [5.74, 6) is -0.148. The van der Waals surface area contributed by atoms with Gasteiger partial charge in [0, 0.05) is 49.6 Å². The molecule has 10 nitrogen and oxygen atoms in total. The molecular formula is C29H33ClFN5O5Si. The number of aromatic nitrogens is 2. The van der Waals surface area contributed by atoms with E-state index in [2.05, 4.69) is 20.3 Å². The quantitative estimate of drug-likeness (QED) is 0.282. The number of aliphatic hydroxyl groups excluding tert-OH is 1. The van der Waals surface area contributed by atoms with Gasteiger partial charge in [0.05, 0.1) is 30.6 Å². The van der Waals surface area contributed by atoms with E-state index in [9.17, 15) is 19.1 Å². The maximum atomic E-state index is 14.1. The number of nitrogens with zero attached hydrogens (tertiary/aromatic N) is 3. The molecule has 0 spiro atoms. The van der Waals surface area contributed by atoms with Crippen LogP contribution in [0.1, 0.15) is 46.3 Å². The van der Waals surface area contributed by atoms with Gasteiger partial charge in [-0.15, -0.1) is 0 Å². The number of carbonyl (C=O) groups is 2. The number of fused-ring (bicyclic) bond motifs is 1. The summed E-state index contributed by atoms with van der Waals surface area (Å²) in [5.41, 5.74) is 2.98. The van der Waals surface area contributed by atoms with Crippen LogP contribution in [0.2, 0.25) is 5.02 Å². The number of carbonyl (C=O) groups excluding carboxylic acids is 2. The topological polar surface area (TPSA) is 126 Å². The molecular weight excluding hydrogens is 581 g/mol. The highest BCUT2D eigenvalue weighted by Crippen LogP contribution is 2.32. The van der Waals surface area contributed by atoms with Crippen LogP contribution >= 0.6 is 11.6 Å². The Morgan fingerprint density at radius 3 is 2.86 bits per heavy atom. The predicted octanol–water partition coefficient (Wildman–Crippen LogP) is 2.82. The molecule has 13 heteroatoms. The van der Waals surface area contributed by atoms with Crippen LogP contribution in [-0.2, 0) is 16.1 Å². The van der Waals surface area contributed by atoms with Crippen LogP contribution in [-0.4, -0.2) is 81.0 Å². The van der Waals surface area contributed by atoms with E-state index < -0.39 is 15.5 Å². The molecule has 0 aliphatic carbocycles. The molecule has 42 heavy (non-hydrogen) atoms. The van der Waals surface area contributed by atoms with Gasteiger partial charge in [-0.1, -0.05) is 23.7 Å². The van der Waals surface area contributed by atoms with Crippen LogP contribution in [0, 0.1) is 5.82 Å². The van der Waals surface area contributed by atoms with E-state index in [1.165, 1.54) is 24.1 Å². The molecule has 1 aromatic heterocycles. The van der Waals surface area contributed by atoms with Crippen molar-refractivity contribution in [3.05, 3.63) is 70.1 Å². The van der Waals surface area contributed by atoms with Crippen LogP contribution in [0.5, 0.6) is 5.75 Å². The molecule has 3 heterocycles. The summed E-state index contributed by atoms with van der Waals surface area (Å²) >= 11 is 6.45. The monoisotopic (exact) mass is 613 g/mol. The Kier molecular flexibility index (Phi) is 9.68. The van der Waals surface area contributed by atoms with Crippen molar-refractivity contribution in [1.82, 2.24) is 19.9 Å². The number of aliphatic hydroxyl groups is 1. The number of hydrogen-bond acceptors (Lipinski definition) is 8. The van der Waals surface area contributed by atoms with Crippen molar-refractivity contribution in [2.45, 2.75) is 37.4 Å². The third-order valence-electron chi connectivity index (χ3n) is 7.52. The average Bonchev–Trinajstić information content (AvgIpc) is 3.30. The van der Waals surface area contributed by atoms with Crippen molar-refractivity contribution < 1.29 is 28.6 Å². The first-order valence-corrected chi connectivity index (χ1v) is 15.8. The molecule has 2 amide bonds. The molecule has 1 saturated heterocycles. The zero-order valence-corrected chi connectivity index (χ0v) is 25.4. The summed E-state index contributed by atoms with van der Waals surface area (Å²) < 4.78 is 24.6. The maximum absolute atomic E-state index is 14.1. The SMILES string of the molecule is COc1cc(F)cc([C@@H](CCO)[SiH2]NC(=O)CN2Cc3ccc(-c4nc(NC5CCOCC5)ncc4Cl)cc3C2=O)c1. The lowest BCUT2D eigenvalue weighted by Crippen LogP contribution is -2.40. The minimum absolute atomic E-state index is 0.0991. The second-order valence-corrected chi connectivity index (χ2v) is 12.5. The first kappa shape index (κ1) is 29.9. The van der Waals surface area contributed by atoms with Gasteiger partial charge in [0.1, 0.15) is 21.2 Å². The van der Waals surface area contributed by atoms with Crippen LogP contribution < -0.4 is 15.0 Å². The predicted molar refractivity (Wildman–Crippen MR) is 159 cm³/mol. The molecule has 1 atom stereocenters. The molecule has 222 valence electrons. The van der Waals surface area contributed by atoms with Gasteiger partial charge in [0.2, 0.25) is 11.9 Å². The fourth-order valence-electron chi connectivity index (χ4n) is 5.25. The minimum Gasteiger partial charge on any atom is -0.497 e. The summed E-state index contributed by atoms with van der Waals surface area (Å²) in [6.45, 7) is 1.47. The zero-order chi connectivity index (χ0) is 29.6. The smallest absolute Gasteiger partial charge is 0.254 e. The highest BCUT2D eigenvalue weighted by atomic mass is 35.5. The number of benzene rings is 2. The first-order valence-electron chi connectivity index (χ1n) is 13.9. The highest BCUT2D eigenvalue weighted by Gasteiger charge is 2.30. The van der Waals surface area contributed by atoms with Gasteiger partial charge < -0.3 is 29.8 Å². The van der Waals surface area contributed by atoms with Crippen molar-refractivity contribution >= 4 is 39.0 Å². The standard InChI is InChI=1S/C29H33ClFN5O5Si/c1-40-22-11-19(10-20(31)13-22)25(4-7-37)42-35-26(38)16-36-15-18-3-2-17(12-23(18)28(36)39)27-24(30)14-32-29(34-27)33-21-5-8-41-9-6-21/h2-3,10-14,21,25,37H,4-9,15-16,42H2,1H3,(H,35,38)(H,32,33,34)/t25-/m1/s1. The number of anilines is 1. The van der Waals surface area contributed by atoms with Gasteiger partial charge in [0.25, 0.3) is 5.91 Å². The van der Waals surface area contributed by atoms with E-state index in [0.717, 1.165) is 18.4 Å². The summed E-state index contributed by atoms with van der Waals surface area (Å²) in [6, 6.07) is 10.1. The molecule has 0 unspecified atom stereocenters. The third-order valence-corrected chi connectivity index (χ3v) is 9.77. The van der Waals surface area contributed by atoms with Crippen LogP contribution in [0.4, 0.5) is 10.3 Å². The van der Waals surface area contributed by atoms with Crippen molar-refractivity contribution in [3.63, 3.8) is 0 Å². The number of halogens is 2. The van der Waals surface area contributed by atoms with Crippen molar-refractivity contribution in [1.29, 1.82) is 0 Å². The fourth-order valence-corrected chi connectivity index (χ4v) is 6.89. The van der Waals surface area contributed by atoms with Gasteiger partial charge in [-0.25, -0.2) is 14.4 Å². The number of hydrogen-bond donors (Lipinski definition) is 3. The highest BCUT2D eigenvalue weighted by molar-refractivity contribution is 6.39. The summed E-state index contributed by atoms with van der Waals surface area (Å²) in [6.07, 6.45) is 3.66. The summed E-state index contributed by atoms with van der Waals surface area (Å²) in [4.78, 5) is 39.5. The largest absolute Gasteiger partial charge is 0.497 e. The molecule has 2 aliphatic heterocycles. The normalized spacial score (nSPS) is 16.1. The van der Waals surface area contributed by atoms with E-state index in [1.54, 1.807) is 18.3 Å². The lowest BCUT2D eigenvalue weighted by atomic mass is 10.0. The van der Waals surface area contributed by atoms with Crippen LogP contribution in [0.3, 0.4) is 0 Å². The van der Waals surface area contributed by atoms with E-state index >= 15 is 0 Å². The molecule has 0 saturated carbocycles. The number of amides is 2.